The molecule has 0 aliphatic carbocycles. The molecule has 1 aliphatic heterocycles. The number of carbonyl (C=O) groups excluding carboxylic acids is 2. The zero-order chi connectivity index (χ0) is 19.5. The average molecular weight is 395 g/mol. The Labute approximate surface area is 167 Å². The van der Waals surface area contributed by atoms with Gasteiger partial charge in [0.15, 0.2) is 0 Å². The highest BCUT2D eigenvalue weighted by Gasteiger charge is 2.23. The van der Waals surface area contributed by atoms with Crippen LogP contribution in [0, 0.1) is 6.92 Å². The van der Waals surface area contributed by atoms with Crippen LogP contribution < -0.4 is 4.90 Å². The van der Waals surface area contributed by atoms with Crippen LogP contribution in [0.2, 0.25) is 0 Å². The van der Waals surface area contributed by atoms with Gasteiger partial charge in [0.25, 0.3) is 5.91 Å². The van der Waals surface area contributed by atoms with Gasteiger partial charge in [0.05, 0.1) is 5.69 Å². The second-order valence-electron chi connectivity index (χ2n) is 6.80. The summed E-state index contributed by atoms with van der Waals surface area (Å²) in [7, 11) is 0. The van der Waals surface area contributed by atoms with E-state index in [0.717, 1.165) is 42.6 Å². The first-order valence-electron chi connectivity index (χ1n) is 9.28. The molecule has 6 nitrogen and oxygen atoms in total. The maximum Gasteiger partial charge on any atom is 0.374 e. The summed E-state index contributed by atoms with van der Waals surface area (Å²) in [5, 5.41) is 2.05. The molecule has 1 aromatic carbocycles. The van der Waals surface area contributed by atoms with E-state index in [1.165, 1.54) is 11.1 Å². The van der Waals surface area contributed by atoms with E-state index in [1.54, 1.807) is 17.5 Å². The number of anilines is 1. The minimum Gasteiger partial charge on any atom is -0.455 e. The molecule has 7 heteroatoms. The van der Waals surface area contributed by atoms with E-state index in [9.17, 15) is 9.59 Å². The van der Waals surface area contributed by atoms with Gasteiger partial charge < -0.3 is 14.6 Å². The molecule has 3 aromatic rings. The second-order valence-corrected chi connectivity index (χ2v) is 7.80. The SMILES string of the molecule is Cc1cc(C(=O)N2CCCCc3sccc32)ccc1COC(=O)c1ncc[nH]1. The second kappa shape index (κ2) is 7.98. The van der Waals surface area contributed by atoms with Gasteiger partial charge in [0.2, 0.25) is 5.82 Å². The van der Waals surface area contributed by atoms with E-state index < -0.39 is 5.97 Å². The molecule has 0 spiro atoms. The predicted molar refractivity (Wildman–Crippen MR) is 108 cm³/mol. The first-order valence-corrected chi connectivity index (χ1v) is 10.2. The maximum atomic E-state index is 13.1. The van der Waals surface area contributed by atoms with E-state index >= 15 is 0 Å². The van der Waals surface area contributed by atoms with Gasteiger partial charge in [-0.3, -0.25) is 4.79 Å². The highest BCUT2D eigenvalue weighted by molar-refractivity contribution is 7.10. The number of thiophene rings is 1. The minimum absolute atomic E-state index is 0.0174. The average Bonchev–Trinajstić information content (AvgIpc) is 3.36. The first kappa shape index (κ1) is 18.4. The summed E-state index contributed by atoms with van der Waals surface area (Å²) in [5.41, 5.74) is 3.47. The lowest BCUT2D eigenvalue weighted by Crippen LogP contribution is -2.31. The Kier molecular flexibility index (Phi) is 5.25. The Morgan fingerprint density at radius 1 is 1.29 bits per heavy atom. The monoisotopic (exact) mass is 395 g/mol. The number of H-pyrrole nitrogens is 1. The molecule has 0 fully saturated rings. The molecular weight excluding hydrogens is 374 g/mol. The van der Waals surface area contributed by atoms with Gasteiger partial charge in [-0.25, -0.2) is 9.78 Å². The Morgan fingerprint density at radius 2 is 2.18 bits per heavy atom. The smallest absolute Gasteiger partial charge is 0.374 e. The van der Waals surface area contributed by atoms with Crippen LogP contribution in [0.3, 0.4) is 0 Å². The lowest BCUT2D eigenvalue weighted by atomic mass is 10.0. The molecule has 1 aliphatic rings. The number of hydrogen-bond acceptors (Lipinski definition) is 5. The number of amides is 1. The van der Waals surface area contributed by atoms with Crippen molar-refractivity contribution in [2.24, 2.45) is 0 Å². The fraction of sp³-hybridized carbons (Fsp3) is 0.286. The molecule has 1 amide bonds. The molecule has 1 N–H and O–H groups in total. The third kappa shape index (κ3) is 3.71. The molecule has 0 bridgehead atoms. The number of aromatic amines is 1. The molecule has 0 saturated heterocycles. The maximum absolute atomic E-state index is 13.1. The van der Waals surface area contributed by atoms with E-state index in [0.29, 0.717) is 5.56 Å². The summed E-state index contributed by atoms with van der Waals surface area (Å²) < 4.78 is 5.30. The van der Waals surface area contributed by atoms with Crippen LogP contribution in [0.15, 0.2) is 42.0 Å². The topological polar surface area (TPSA) is 75.3 Å². The predicted octanol–water partition coefficient (Wildman–Crippen LogP) is 4.12. The van der Waals surface area contributed by atoms with Crippen LogP contribution in [-0.4, -0.2) is 28.4 Å². The third-order valence-electron chi connectivity index (χ3n) is 4.93. The molecule has 4 rings (SSSR count). The van der Waals surface area contributed by atoms with Crippen LogP contribution >= 0.6 is 11.3 Å². The number of carbonyl (C=O) groups is 2. The number of aryl methyl sites for hydroxylation is 2. The number of nitrogens with zero attached hydrogens (tertiary/aromatic N) is 2. The third-order valence-corrected chi connectivity index (χ3v) is 5.90. The van der Waals surface area contributed by atoms with Crippen molar-refractivity contribution in [3.05, 3.63) is 69.4 Å². The van der Waals surface area contributed by atoms with Crippen LogP contribution in [0.1, 0.15) is 49.8 Å². The van der Waals surface area contributed by atoms with Gasteiger partial charge in [-0.2, -0.15) is 0 Å². The van der Waals surface area contributed by atoms with Crippen molar-refractivity contribution in [2.75, 3.05) is 11.4 Å². The molecule has 2 aromatic heterocycles. The normalized spacial score (nSPS) is 13.7. The Hall–Kier alpha value is -2.93. The van der Waals surface area contributed by atoms with Gasteiger partial charge in [-0.1, -0.05) is 6.07 Å². The fourth-order valence-electron chi connectivity index (χ4n) is 3.38. The first-order chi connectivity index (χ1) is 13.6. The van der Waals surface area contributed by atoms with Crippen molar-refractivity contribution < 1.29 is 14.3 Å². The number of benzene rings is 1. The molecule has 0 unspecified atom stereocenters. The van der Waals surface area contributed by atoms with Crippen molar-refractivity contribution in [1.82, 2.24) is 9.97 Å². The summed E-state index contributed by atoms with van der Waals surface area (Å²) in [6.45, 7) is 2.80. The highest BCUT2D eigenvalue weighted by Crippen LogP contribution is 2.32. The zero-order valence-electron chi connectivity index (χ0n) is 15.6. The number of hydrogen-bond donors (Lipinski definition) is 1. The molecule has 3 heterocycles. The number of rotatable bonds is 4. The lowest BCUT2D eigenvalue weighted by molar-refractivity contribution is 0.0458. The van der Waals surface area contributed by atoms with Crippen LogP contribution in [0.5, 0.6) is 0 Å². The zero-order valence-corrected chi connectivity index (χ0v) is 16.4. The van der Waals surface area contributed by atoms with Crippen molar-refractivity contribution in [3.63, 3.8) is 0 Å². The minimum atomic E-state index is -0.501. The summed E-state index contributed by atoms with van der Waals surface area (Å²) in [4.78, 5) is 34.8. The number of aromatic nitrogens is 2. The van der Waals surface area contributed by atoms with Crippen molar-refractivity contribution in [2.45, 2.75) is 32.8 Å². The summed E-state index contributed by atoms with van der Waals surface area (Å²) in [6, 6.07) is 7.57. The highest BCUT2D eigenvalue weighted by atomic mass is 32.1. The van der Waals surface area contributed by atoms with Crippen LogP contribution in [0.4, 0.5) is 5.69 Å². The fourth-order valence-corrected chi connectivity index (χ4v) is 4.31. The van der Waals surface area contributed by atoms with Gasteiger partial charge in [0.1, 0.15) is 6.61 Å². The molecule has 0 atom stereocenters. The lowest BCUT2D eigenvalue weighted by Gasteiger charge is -2.21. The standard InChI is InChI=1S/C21H21N3O3S/c1-14-12-15(5-6-16(14)13-27-21(26)19-22-8-9-23-19)20(25)24-10-3-2-4-18-17(24)7-11-28-18/h5-9,11-12H,2-4,10,13H2,1H3,(H,22,23). The molecule has 0 saturated carbocycles. The van der Waals surface area contributed by atoms with Gasteiger partial charge in [-0.15, -0.1) is 11.3 Å². The number of nitrogens with one attached hydrogen (secondary N) is 1. The van der Waals surface area contributed by atoms with Crippen LogP contribution in [-0.2, 0) is 17.8 Å². The number of esters is 1. The molecule has 0 radical (unpaired) electrons. The van der Waals surface area contributed by atoms with E-state index in [-0.39, 0.29) is 18.3 Å². The summed E-state index contributed by atoms with van der Waals surface area (Å²) >= 11 is 1.72. The molecule has 144 valence electrons. The van der Waals surface area contributed by atoms with Gasteiger partial charge in [-0.05, 0) is 60.9 Å². The Balaban J connectivity index is 1.48. The van der Waals surface area contributed by atoms with E-state index in [2.05, 4.69) is 15.3 Å². The van der Waals surface area contributed by atoms with Crippen molar-refractivity contribution in [1.29, 1.82) is 0 Å². The number of imidazole rings is 1. The molecular formula is C21H21N3O3S. The quantitative estimate of drug-likeness (QED) is 0.674. The Bertz CT molecular complexity index is 994. The number of fused-ring (bicyclic) bond motifs is 1. The van der Waals surface area contributed by atoms with Crippen LogP contribution in [0.25, 0.3) is 0 Å². The van der Waals surface area contributed by atoms with Gasteiger partial charge in [0, 0.05) is 29.4 Å². The summed E-state index contributed by atoms with van der Waals surface area (Å²) in [6.07, 6.45) is 6.23. The summed E-state index contributed by atoms with van der Waals surface area (Å²) in [5.74, 6) is -0.305. The van der Waals surface area contributed by atoms with E-state index in [1.807, 2.05) is 36.1 Å². The largest absolute Gasteiger partial charge is 0.455 e. The van der Waals surface area contributed by atoms with Crippen molar-refractivity contribution in [3.8, 4) is 0 Å². The number of ether oxygens (including phenoxy) is 1. The van der Waals surface area contributed by atoms with E-state index in [4.69, 9.17) is 4.74 Å². The van der Waals surface area contributed by atoms with Gasteiger partial charge >= 0.3 is 5.97 Å². The molecule has 28 heavy (non-hydrogen) atoms. The van der Waals surface area contributed by atoms with Crippen molar-refractivity contribution >= 4 is 28.9 Å². The Morgan fingerprint density at radius 3 is 2.96 bits per heavy atom.